The van der Waals surface area contributed by atoms with Gasteiger partial charge in [-0.3, -0.25) is 10.1 Å². The molecule has 5 atom stereocenters. The van der Waals surface area contributed by atoms with E-state index in [9.17, 15) is 22.4 Å². The lowest BCUT2D eigenvalue weighted by Crippen LogP contribution is -2.47. The molecule has 0 spiro atoms. The number of hydrogen-bond donors (Lipinski definition) is 3. The topological polar surface area (TPSA) is 65.6 Å². The van der Waals surface area contributed by atoms with Gasteiger partial charge >= 0.3 is 6.18 Å². The summed E-state index contributed by atoms with van der Waals surface area (Å²) in [5, 5.41) is 9.05. The van der Waals surface area contributed by atoms with Crippen LogP contribution in [0.2, 0.25) is 0 Å². The lowest BCUT2D eigenvalue weighted by molar-refractivity contribution is -0.144. The summed E-state index contributed by atoms with van der Waals surface area (Å²) in [5.74, 6) is -0.198. The largest absolute Gasteiger partial charge is 0.413 e. The SMILES string of the molecule is C=C(C1NC(/C=C/CNC(=O)[C@@H]2CCO2)Cc2c(N[C@@H]3CCN(C)C[C@@H]3F)cccc21)C(F)(F)F. The van der Waals surface area contributed by atoms with Gasteiger partial charge in [-0.2, -0.15) is 13.2 Å². The molecule has 1 aromatic carbocycles. The first-order valence-electron chi connectivity index (χ1n) is 11.9. The fourth-order valence-corrected chi connectivity index (χ4v) is 4.76. The van der Waals surface area contributed by atoms with Crippen LogP contribution < -0.4 is 16.0 Å². The minimum atomic E-state index is -4.57. The third-order valence-electron chi connectivity index (χ3n) is 6.88. The molecule has 10 heteroatoms. The van der Waals surface area contributed by atoms with Gasteiger partial charge in [-0.15, -0.1) is 0 Å². The Kier molecular flexibility index (Phi) is 7.83. The number of ether oxygens (including phenoxy) is 1. The molecule has 2 saturated heterocycles. The van der Waals surface area contributed by atoms with E-state index < -0.39 is 42.2 Å². The van der Waals surface area contributed by atoms with E-state index in [4.69, 9.17) is 4.74 Å². The van der Waals surface area contributed by atoms with Crippen molar-refractivity contribution in [3.63, 3.8) is 0 Å². The number of benzene rings is 1. The molecule has 4 rings (SSSR count). The van der Waals surface area contributed by atoms with Crippen LogP contribution in [-0.2, 0) is 16.0 Å². The van der Waals surface area contributed by atoms with Gasteiger partial charge in [-0.25, -0.2) is 4.39 Å². The van der Waals surface area contributed by atoms with Gasteiger partial charge in [0.15, 0.2) is 0 Å². The lowest BCUT2D eigenvalue weighted by atomic mass is 9.85. The zero-order valence-corrected chi connectivity index (χ0v) is 19.7. The molecule has 6 nitrogen and oxygen atoms in total. The molecule has 0 bridgehead atoms. The maximum absolute atomic E-state index is 14.7. The van der Waals surface area contributed by atoms with E-state index in [-0.39, 0.29) is 12.5 Å². The third kappa shape index (κ3) is 6.05. The van der Waals surface area contributed by atoms with Gasteiger partial charge in [0.05, 0.1) is 18.7 Å². The van der Waals surface area contributed by atoms with Gasteiger partial charge in [0.25, 0.3) is 0 Å². The second-order valence-electron chi connectivity index (χ2n) is 9.45. The highest BCUT2D eigenvalue weighted by molar-refractivity contribution is 5.81. The molecule has 3 heterocycles. The second-order valence-corrected chi connectivity index (χ2v) is 9.45. The summed E-state index contributed by atoms with van der Waals surface area (Å²) in [5.41, 5.74) is 0.970. The van der Waals surface area contributed by atoms with Crippen molar-refractivity contribution in [3.05, 3.63) is 53.6 Å². The van der Waals surface area contributed by atoms with Crippen LogP contribution in [0.25, 0.3) is 0 Å². The fraction of sp³-hybridized carbons (Fsp3) is 0.560. The molecule has 3 N–H and O–H groups in total. The minimum absolute atomic E-state index is 0.198. The number of hydrogen-bond acceptors (Lipinski definition) is 5. The summed E-state index contributed by atoms with van der Waals surface area (Å²) in [4.78, 5) is 13.8. The van der Waals surface area contributed by atoms with Crippen LogP contribution in [0, 0.1) is 0 Å². The molecular formula is C25H32F4N4O2. The van der Waals surface area contributed by atoms with Crippen LogP contribution in [0.15, 0.2) is 42.5 Å². The van der Waals surface area contributed by atoms with Crippen molar-refractivity contribution < 1.29 is 27.1 Å². The first-order valence-corrected chi connectivity index (χ1v) is 11.9. The van der Waals surface area contributed by atoms with Crippen molar-refractivity contribution in [1.29, 1.82) is 0 Å². The number of anilines is 1. The first-order chi connectivity index (χ1) is 16.6. The van der Waals surface area contributed by atoms with Crippen molar-refractivity contribution in [2.75, 3.05) is 38.6 Å². The summed E-state index contributed by atoms with van der Waals surface area (Å²) >= 11 is 0. The predicted molar refractivity (Wildman–Crippen MR) is 126 cm³/mol. The Bertz CT molecular complexity index is 963. The number of halogens is 4. The molecule has 1 amide bonds. The van der Waals surface area contributed by atoms with Gasteiger partial charge in [0, 0.05) is 43.4 Å². The molecule has 3 aliphatic rings. The molecule has 0 saturated carbocycles. The summed E-state index contributed by atoms with van der Waals surface area (Å²) < 4.78 is 60.7. The first kappa shape index (κ1) is 25.7. The minimum Gasteiger partial charge on any atom is -0.379 e. The summed E-state index contributed by atoms with van der Waals surface area (Å²) in [7, 11) is 1.87. The van der Waals surface area contributed by atoms with Crippen LogP contribution in [0.4, 0.5) is 23.2 Å². The Labute approximate surface area is 202 Å². The van der Waals surface area contributed by atoms with Crippen molar-refractivity contribution >= 4 is 11.6 Å². The van der Waals surface area contributed by atoms with Gasteiger partial charge < -0.3 is 20.3 Å². The maximum atomic E-state index is 14.7. The molecule has 192 valence electrons. The molecule has 0 radical (unpaired) electrons. The highest BCUT2D eigenvalue weighted by Gasteiger charge is 2.41. The lowest BCUT2D eigenvalue weighted by Gasteiger charge is -2.37. The molecule has 2 unspecified atom stereocenters. The monoisotopic (exact) mass is 496 g/mol. The molecular weight excluding hydrogens is 464 g/mol. The number of amides is 1. The van der Waals surface area contributed by atoms with Gasteiger partial charge in [0.1, 0.15) is 12.3 Å². The number of rotatable bonds is 7. The zero-order chi connectivity index (χ0) is 25.2. The van der Waals surface area contributed by atoms with E-state index in [1.54, 1.807) is 30.4 Å². The van der Waals surface area contributed by atoms with Crippen molar-refractivity contribution in [2.45, 2.75) is 55.8 Å². The van der Waals surface area contributed by atoms with E-state index in [0.717, 1.165) is 6.54 Å². The Morgan fingerprint density at radius 2 is 2.11 bits per heavy atom. The highest BCUT2D eigenvalue weighted by atomic mass is 19.4. The number of fused-ring (bicyclic) bond motifs is 1. The van der Waals surface area contributed by atoms with Crippen LogP contribution in [0.5, 0.6) is 0 Å². The summed E-state index contributed by atoms with van der Waals surface area (Å²) in [6.07, 6.45) is -0.889. The average molecular weight is 497 g/mol. The van der Waals surface area contributed by atoms with E-state index in [1.807, 2.05) is 11.9 Å². The van der Waals surface area contributed by atoms with Crippen LogP contribution in [0.1, 0.15) is 30.0 Å². The van der Waals surface area contributed by atoms with Gasteiger partial charge in [-0.1, -0.05) is 30.9 Å². The molecule has 35 heavy (non-hydrogen) atoms. The van der Waals surface area contributed by atoms with Crippen molar-refractivity contribution in [2.24, 2.45) is 0 Å². The number of nitrogens with one attached hydrogen (secondary N) is 3. The number of carbonyl (C=O) groups is 1. The third-order valence-corrected chi connectivity index (χ3v) is 6.88. The van der Waals surface area contributed by atoms with Gasteiger partial charge in [-0.05, 0) is 37.1 Å². The second kappa shape index (κ2) is 10.7. The average Bonchev–Trinajstić information content (AvgIpc) is 2.76. The fourth-order valence-electron chi connectivity index (χ4n) is 4.76. The number of piperidine rings is 1. The highest BCUT2D eigenvalue weighted by Crippen LogP contribution is 2.40. The molecule has 2 fully saturated rings. The van der Waals surface area contributed by atoms with Crippen LogP contribution >= 0.6 is 0 Å². The van der Waals surface area contributed by atoms with E-state index in [1.165, 1.54) is 0 Å². The number of likely N-dealkylation sites (tertiary alicyclic amines) is 1. The van der Waals surface area contributed by atoms with Crippen LogP contribution in [0.3, 0.4) is 0 Å². The number of alkyl halides is 4. The Morgan fingerprint density at radius 1 is 1.34 bits per heavy atom. The standard InChI is InChI=1S/C25H32F4N4O2/c1-15(25(27,28)29)23-17-6-3-7-20(32-21-8-11-33(2)14-19(21)26)18(17)13-16(31-23)5-4-10-30-24(34)22-9-12-35-22/h3-7,16,19,21-23,31-32H,1,8-14H2,2H3,(H,30,34)/b5-4+/t16?,19-,21+,22-,23?/m0/s1. The van der Waals surface area contributed by atoms with Crippen molar-refractivity contribution in [3.8, 4) is 0 Å². The Balaban J connectivity index is 1.53. The normalized spacial score (nSPS) is 29.3. The summed E-state index contributed by atoms with van der Waals surface area (Å²) in [6, 6.07) is 3.18. The van der Waals surface area contributed by atoms with E-state index in [0.29, 0.717) is 49.2 Å². The molecule has 1 aromatic rings. The quantitative estimate of drug-likeness (QED) is 0.400. The maximum Gasteiger partial charge on any atom is 0.413 e. The molecule has 3 aliphatic heterocycles. The Hall–Kier alpha value is -2.43. The van der Waals surface area contributed by atoms with E-state index in [2.05, 4.69) is 22.5 Å². The number of nitrogens with zero attached hydrogens (tertiary/aromatic N) is 1. The van der Waals surface area contributed by atoms with Gasteiger partial charge in [0.2, 0.25) is 5.91 Å². The molecule has 0 aliphatic carbocycles. The van der Waals surface area contributed by atoms with E-state index >= 15 is 0 Å². The summed E-state index contributed by atoms with van der Waals surface area (Å²) in [6.45, 7) is 5.20. The smallest absolute Gasteiger partial charge is 0.379 e. The van der Waals surface area contributed by atoms with Crippen LogP contribution in [-0.4, -0.2) is 74.6 Å². The van der Waals surface area contributed by atoms with Crippen molar-refractivity contribution in [1.82, 2.24) is 15.5 Å². The number of carbonyl (C=O) groups excluding carboxylic acids is 1. The predicted octanol–water partition coefficient (Wildman–Crippen LogP) is 3.28. The zero-order valence-electron chi connectivity index (χ0n) is 19.7. The Morgan fingerprint density at radius 3 is 2.77 bits per heavy atom. The molecule has 0 aromatic heterocycles.